The van der Waals surface area contributed by atoms with Crippen LogP contribution in [0.5, 0.6) is 11.5 Å². The van der Waals surface area contributed by atoms with Gasteiger partial charge in [-0.2, -0.15) is 0 Å². The molecule has 0 radical (unpaired) electrons. The van der Waals surface area contributed by atoms with Crippen LogP contribution in [0.15, 0.2) is 71.4 Å². The molecule has 0 unspecified atom stereocenters. The van der Waals surface area contributed by atoms with Gasteiger partial charge in [0.1, 0.15) is 29.0 Å². The first-order valence-electron chi connectivity index (χ1n) is 9.91. The van der Waals surface area contributed by atoms with E-state index in [0.717, 1.165) is 0 Å². The molecule has 0 bridgehead atoms. The van der Waals surface area contributed by atoms with Crippen LogP contribution in [0, 0.1) is 0 Å². The topological polar surface area (TPSA) is 66.8 Å². The second-order valence-corrected chi connectivity index (χ2v) is 8.32. The molecule has 0 N–H and O–H groups in total. The molecule has 2 aromatic carbocycles. The van der Waals surface area contributed by atoms with Crippen molar-refractivity contribution in [3.05, 3.63) is 98.4 Å². The summed E-state index contributed by atoms with van der Waals surface area (Å²) in [7, 11) is 2.93. The van der Waals surface area contributed by atoms with Crippen LogP contribution < -0.4 is 9.47 Å². The summed E-state index contributed by atoms with van der Waals surface area (Å²) in [5.41, 5.74) is 0.647. The Bertz CT molecular complexity index is 1280. The zero-order valence-corrected chi connectivity index (χ0v) is 21.4. The maximum absolute atomic E-state index is 13.5. The Hall–Kier alpha value is -3.00. The minimum Gasteiger partial charge on any atom is -0.496 e. The van der Waals surface area contributed by atoms with Crippen LogP contribution in [0.2, 0.25) is 10.2 Å². The van der Waals surface area contributed by atoms with E-state index in [2.05, 4.69) is 22.5 Å². The fourth-order valence-corrected chi connectivity index (χ4v) is 4.27. The number of para-hydroxylation sites is 2. The van der Waals surface area contributed by atoms with E-state index in [1.807, 2.05) is 0 Å². The van der Waals surface area contributed by atoms with Gasteiger partial charge in [-0.05, 0) is 40.2 Å². The number of benzene rings is 2. The molecule has 3 rings (SSSR count). The molecule has 3 aromatic rings. The summed E-state index contributed by atoms with van der Waals surface area (Å²) in [6.07, 6.45) is 2.81. The van der Waals surface area contributed by atoms with Gasteiger partial charge in [-0.3, -0.25) is 14.2 Å². The molecule has 1 aromatic heterocycles. The summed E-state index contributed by atoms with van der Waals surface area (Å²) in [5, 5.41) is 0.114. The van der Waals surface area contributed by atoms with Gasteiger partial charge in [-0.1, -0.05) is 60.1 Å². The first-order valence-corrected chi connectivity index (χ1v) is 11.5. The van der Waals surface area contributed by atoms with Crippen LogP contribution in [0.3, 0.4) is 0 Å². The molecule has 0 spiro atoms. The van der Waals surface area contributed by atoms with E-state index < -0.39 is 11.6 Å². The number of ketones is 2. The Balaban J connectivity index is 2.21. The van der Waals surface area contributed by atoms with E-state index in [9.17, 15) is 9.59 Å². The lowest BCUT2D eigenvalue weighted by molar-refractivity contribution is 0.0935. The van der Waals surface area contributed by atoms with Crippen LogP contribution >= 0.6 is 39.1 Å². The first kappa shape index (κ1) is 25.6. The summed E-state index contributed by atoms with van der Waals surface area (Å²) < 4.78 is 17.9. The van der Waals surface area contributed by atoms with Crippen LogP contribution in [0.25, 0.3) is 6.20 Å². The standard InChI is InChI=1S/C25H20BrCl2NO5/c1-4-13-34-19(23(30)15-9-5-7-11-17(15)32-2)14-29-22(20(26)21(27)25(29)28)24(31)16-10-6-8-12-18(16)33-3/h4-12,14H,1,13H2,2-3H3/b19-14-. The normalized spacial score (nSPS) is 11.1. The van der Waals surface area contributed by atoms with E-state index in [1.165, 1.54) is 31.1 Å². The van der Waals surface area contributed by atoms with Gasteiger partial charge in [0.05, 0.1) is 41.0 Å². The molecule has 0 amide bonds. The summed E-state index contributed by atoms with van der Waals surface area (Å²) in [5.74, 6) is -0.269. The average Bonchev–Trinajstić information content (AvgIpc) is 3.08. The van der Waals surface area contributed by atoms with Gasteiger partial charge < -0.3 is 14.2 Å². The average molecular weight is 565 g/mol. The minimum atomic E-state index is -0.480. The third kappa shape index (κ3) is 5.06. The molecule has 6 nitrogen and oxygen atoms in total. The number of ether oxygens (including phenoxy) is 3. The Labute approximate surface area is 215 Å². The maximum atomic E-state index is 13.5. The highest BCUT2D eigenvalue weighted by molar-refractivity contribution is 9.10. The van der Waals surface area contributed by atoms with Gasteiger partial charge in [0, 0.05) is 0 Å². The highest BCUT2D eigenvalue weighted by atomic mass is 79.9. The Morgan fingerprint density at radius 3 is 2.15 bits per heavy atom. The van der Waals surface area contributed by atoms with Crippen LogP contribution in [0.4, 0.5) is 0 Å². The highest BCUT2D eigenvalue weighted by Gasteiger charge is 2.28. The first-order chi connectivity index (χ1) is 16.3. The Morgan fingerprint density at radius 1 is 1.00 bits per heavy atom. The molecule has 0 saturated carbocycles. The maximum Gasteiger partial charge on any atom is 0.232 e. The predicted molar refractivity (Wildman–Crippen MR) is 136 cm³/mol. The molecule has 9 heteroatoms. The van der Waals surface area contributed by atoms with Crippen molar-refractivity contribution in [3.63, 3.8) is 0 Å². The number of Topliss-reactive ketones (excluding diaryl/α,β-unsaturated/α-hetero) is 1. The van der Waals surface area contributed by atoms with E-state index in [4.69, 9.17) is 37.4 Å². The summed E-state index contributed by atoms with van der Waals surface area (Å²) in [4.78, 5) is 26.9. The Morgan fingerprint density at radius 2 is 1.56 bits per heavy atom. The lowest BCUT2D eigenvalue weighted by Crippen LogP contribution is -2.13. The van der Waals surface area contributed by atoms with Gasteiger partial charge in [0.15, 0.2) is 5.76 Å². The number of rotatable bonds is 10. The molecular formula is C25H20BrCl2NO5. The molecule has 0 atom stereocenters. The van der Waals surface area contributed by atoms with Crippen molar-refractivity contribution in [2.24, 2.45) is 0 Å². The van der Waals surface area contributed by atoms with E-state index in [0.29, 0.717) is 11.5 Å². The van der Waals surface area contributed by atoms with Crippen molar-refractivity contribution in [2.45, 2.75) is 0 Å². The molecule has 0 aliphatic carbocycles. The molecule has 0 fully saturated rings. The van der Waals surface area contributed by atoms with Crippen molar-refractivity contribution in [2.75, 3.05) is 20.8 Å². The van der Waals surface area contributed by atoms with Crippen molar-refractivity contribution >= 4 is 56.9 Å². The van der Waals surface area contributed by atoms with Crippen molar-refractivity contribution in [1.82, 2.24) is 4.57 Å². The number of carbonyl (C=O) groups is 2. The van der Waals surface area contributed by atoms with Crippen LogP contribution in [-0.2, 0) is 4.74 Å². The van der Waals surface area contributed by atoms with Gasteiger partial charge in [-0.25, -0.2) is 0 Å². The molecule has 34 heavy (non-hydrogen) atoms. The van der Waals surface area contributed by atoms with E-state index >= 15 is 0 Å². The molecular weight excluding hydrogens is 545 g/mol. The lowest BCUT2D eigenvalue weighted by Gasteiger charge is -2.13. The Kier molecular flexibility index (Phi) is 8.61. The minimum absolute atomic E-state index is 0.0133. The molecule has 176 valence electrons. The number of allylic oxidation sites excluding steroid dienone is 1. The largest absolute Gasteiger partial charge is 0.496 e. The summed E-state index contributed by atoms with van der Waals surface area (Å²) in [6, 6.07) is 13.4. The SMILES string of the molecule is C=CCO/C(=C\n1c(Cl)c(Cl)c(Br)c1C(=O)c1ccccc1OC)C(=O)c1ccccc1OC. The smallest absolute Gasteiger partial charge is 0.232 e. The number of nitrogens with zero attached hydrogens (tertiary/aromatic N) is 1. The van der Waals surface area contributed by atoms with E-state index in [1.54, 1.807) is 48.5 Å². The summed E-state index contributed by atoms with van der Waals surface area (Å²) >= 11 is 16.2. The van der Waals surface area contributed by atoms with Crippen molar-refractivity contribution < 1.29 is 23.8 Å². The number of methoxy groups -OCH3 is 2. The molecule has 0 saturated heterocycles. The predicted octanol–water partition coefficient (Wildman–Crippen LogP) is 6.69. The highest BCUT2D eigenvalue weighted by Crippen LogP contribution is 2.39. The number of carbonyl (C=O) groups excluding carboxylic acids is 2. The molecule has 0 aliphatic rings. The zero-order valence-electron chi connectivity index (χ0n) is 18.3. The van der Waals surface area contributed by atoms with Gasteiger partial charge in [0.2, 0.25) is 11.6 Å². The van der Waals surface area contributed by atoms with Crippen LogP contribution in [-0.4, -0.2) is 37.0 Å². The summed E-state index contributed by atoms with van der Waals surface area (Å²) in [6.45, 7) is 3.67. The number of hydrogen-bond donors (Lipinski definition) is 0. The number of hydrogen-bond acceptors (Lipinski definition) is 5. The monoisotopic (exact) mass is 563 g/mol. The number of halogens is 3. The zero-order chi connectivity index (χ0) is 24.8. The van der Waals surface area contributed by atoms with Crippen molar-refractivity contribution in [1.29, 1.82) is 0 Å². The van der Waals surface area contributed by atoms with Crippen molar-refractivity contribution in [3.8, 4) is 11.5 Å². The number of aromatic nitrogens is 1. The second kappa shape index (κ2) is 11.4. The molecule has 1 heterocycles. The van der Waals surface area contributed by atoms with Gasteiger partial charge in [0.25, 0.3) is 0 Å². The second-order valence-electron chi connectivity index (χ2n) is 6.79. The fraction of sp³-hybridized carbons (Fsp3) is 0.120. The third-order valence-electron chi connectivity index (χ3n) is 4.78. The van der Waals surface area contributed by atoms with Gasteiger partial charge in [-0.15, -0.1) is 0 Å². The fourth-order valence-electron chi connectivity index (χ4n) is 3.19. The lowest BCUT2D eigenvalue weighted by atomic mass is 10.1. The molecule has 0 aliphatic heterocycles. The van der Waals surface area contributed by atoms with Crippen LogP contribution in [0.1, 0.15) is 26.4 Å². The van der Waals surface area contributed by atoms with Gasteiger partial charge >= 0.3 is 0 Å². The third-order valence-corrected chi connectivity index (χ3v) is 6.62. The van der Waals surface area contributed by atoms with E-state index in [-0.39, 0.29) is 43.8 Å². The quantitative estimate of drug-likeness (QED) is 0.119.